The van der Waals surface area contributed by atoms with Gasteiger partial charge in [0.25, 0.3) is 0 Å². The van der Waals surface area contributed by atoms with Crippen LogP contribution in [0, 0.1) is 5.92 Å². The fraction of sp³-hybridized carbons (Fsp3) is 0.833. The van der Waals surface area contributed by atoms with Crippen LogP contribution in [0.1, 0.15) is 45.4 Å². The molecule has 0 heterocycles. The Hall–Kier alpha value is -1.00. The summed E-state index contributed by atoms with van der Waals surface area (Å²) in [6, 6.07) is 0. The maximum absolute atomic E-state index is 12.9. The lowest BCUT2D eigenvalue weighted by Gasteiger charge is -2.27. The van der Waals surface area contributed by atoms with Crippen molar-refractivity contribution in [1.82, 2.24) is 0 Å². The Balaban J connectivity index is 2.23. The second kappa shape index (κ2) is 6.07. The summed E-state index contributed by atoms with van der Waals surface area (Å²) in [4.78, 5) is 22.3. The van der Waals surface area contributed by atoms with E-state index in [2.05, 4.69) is 4.74 Å². The van der Waals surface area contributed by atoms with Gasteiger partial charge < -0.3 is 4.74 Å². The third-order valence-corrected chi connectivity index (χ3v) is 3.12. The first-order valence-electron chi connectivity index (χ1n) is 6.02. The highest BCUT2D eigenvalue weighted by Gasteiger charge is 2.34. The smallest absolute Gasteiger partial charge is 0.374 e. The first kappa shape index (κ1) is 14.1. The maximum Gasteiger partial charge on any atom is 0.374 e. The number of esters is 1. The number of halogens is 2. The zero-order valence-corrected chi connectivity index (χ0v) is 10.0. The standard InChI is InChI=1S/C12H18F2O3/c1-2-17-11(16)10(15)4-3-9-5-7-12(13,14)8-6-9/h9H,2-8H2,1H3. The Morgan fingerprint density at radius 3 is 2.41 bits per heavy atom. The summed E-state index contributed by atoms with van der Waals surface area (Å²) in [7, 11) is 0. The van der Waals surface area contributed by atoms with Crippen LogP contribution in [0.4, 0.5) is 8.78 Å². The van der Waals surface area contributed by atoms with Crippen LogP contribution in [-0.2, 0) is 14.3 Å². The Kier molecular flexibility index (Phi) is 5.02. The summed E-state index contributed by atoms with van der Waals surface area (Å²) in [5.74, 6) is -3.77. The minimum absolute atomic E-state index is 0.106. The highest BCUT2D eigenvalue weighted by atomic mass is 19.3. The molecule has 0 aromatic rings. The quantitative estimate of drug-likeness (QED) is 0.555. The number of ketones is 1. The summed E-state index contributed by atoms with van der Waals surface area (Å²) >= 11 is 0. The molecule has 0 N–H and O–H groups in total. The molecule has 1 saturated carbocycles. The van der Waals surface area contributed by atoms with E-state index in [1.807, 2.05) is 0 Å². The van der Waals surface area contributed by atoms with Crippen LogP contribution < -0.4 is 0 Å². The third kappa shape index (κ3) is 4.79. The van der Waals surface area contributed by atoms with Crippen molar-refractivity contribution in [3.8, 4) is 0 Å². The predicted molar refractivity (Wildman–Crippen MR) is 57.8 cm³/mol. The van der Waals surface area contributed by atoms with E-state index >= 15 is 0 Å². The number of Topliss-reactive ketones (excluding diaryl/α,β-unsaturated/α-hetero) is 1. The van der Waals surface area contributed by atoms with Crippen molar-refractivity contribution in [2.75, 3.05) is 6.61 Å². The van der Waals surface area contributed by atoms with Gasteiger partial charge in [0, 0.05) is 19.3 Å². The number of alkyl halides is 2. The van der Waals surface area contributed by atoms with Crippen LogP contribution in [0.2, 0.25) is 0 Å². The Bertz CT molecular complexity index is 279. The molecule has 0 radical (unpaired) electrons. The van der Waals surface area contributed by atoms with E-state index < -0.39 is 17.7 Å². The van der Waals surface area contributed by atoms with Crippen LogP contribution in [0.15, 0.2) is 0 Å². The van der Waals surface area contributed by atoms with Gasteiger partial charge in [-0.25, -0.2) is 13.6 Å². The van der Waals surface area contributed by atoms with E-state index in [4.69, 9.17) is 0 Å². The summed E-state index contributed by atoms with van der Waals surface area (Å²) in [5.41, 5.74) is 0. The number of carbonyl (C=O) groups excluding carboxylic acids is 2. The minimum Gasteiger partial charge on any atom is -0.460 e. The van der Waals surface area contributed by atoms with Gasteiger partial charge in [0.15, 0.2) is 0 Å². The van der Waals surface area contributed by atoms with Gasteiger partial charge in [-0.05, 0) is 32.1 Å². The highest BCUT2D eigenvalue weighted by Crippen LogP contribution is 2.37. The van der Waals surface area contributed by atoms with Crippen molar-refractivity contribution in [3.05, 3.63) is 0 Å². The van der Waals surface area contributed by atoms with Gasteiger partial charge in [-0.2, -0.15) is 0 Å². The summed E-state index contributed by atoms with van der Waals surface area (Å²) < 4.78 is 30.3. The van der Waals surface area contributed by atoms with Crippen LogP contribution in [-0.4, -0.2) is 24.3 Å². The molecule has 98 valence electrons. The van der Waals surface area contributed by atoms with Crippen LogP contribution in [0.3, 0.4) is 0 Å². The third-order valence-electron chi connectivity index (χ3n) is 3.12. The Labute approximate surface area is 99.5 Å². The van der Waals surface area contributed by atoms with Crippen molar-refractivity contribution < 1.29 is 23.1 Å². The lowest BCUT2D eigenvalue weighted by Crippen LogP contribution is -2.25. The number of rotatable bonds is 5. The molecule has 0 atom stereocenters. The van der Waals surface area contributed by atoms with Crippen LogP contribution in [0.5, 0.6) is 0 Å². The lowest BCUT2D eigenvalue weighted by molar-refractivity contribution is -0.153. The predicted octanol–water partition coefficient (Wildman–Crippen LogP) is 2.72. The van der Waals surface area contributed by atoms with Gasteiger partial charge in [-0.3, -0.25) is 4.79 Å². The molecule has 1 aliphatic carbocycles. The maximum atomic E-state index is 12.9. The largest absolute Gasteiger partial charge is 0.460 e. The van der Waals surface area contributed by atoms with Crippen molar-refractivity contribution >= 4 is 11.8 Å². The molecular weight excluding hydrogens is 230 g/mol. The number of hydrogen-bond donors (Lipinski definition) is 0. The molecule has 0 aromatic heterocycles. The SMILES string of the molecule is CCOC(=O)C(=O)CCC1CCC(F)(F)CC1. The molecule has 0 aromatic carbocycles. The van der Waals surface area contributed by atoms with Gasteiger partial charge in [0.1, 0.15) is 0 Å². The number of ether oxygens (including phenoxy) is 1. The first-order valence-corrected chi connectivity index (χ1v) is 6.02. The summed E-state index contributed by atoms with van der Waals surface area (Å²) in [5, 5.41) is 0. The average molecular weight is 248 g/mol. The fourth-order valence-electron chi connectivity index (χ4n) is 2.04. The molecule has 5 heteroatoms. The molecule has 17 heavy (non-hydrogen) atoms. The van der Waals surface area contributed by atoms with Crippen LogP contribution >= 0.6 is 0 Å². The molecule has 0 saturated heterocycles. The average Bonchev–Trinajstić information content (AvgIpc) is 2.27. The molecule has 0 amide bonds. The summed E-state index contributed by atoms with van der Waals surface area (Å²) in [6.07, 6.45) is 1.27. The highest BCUT2D eigenvalue weighted by molar-refractivity contribution is 6.33. The zero-order valence-electron chi connectivity index (χ0n) is 10.0. The van der Waals surface area contributed by atoms with Gasteiger partial charge in [0.05, 0.1) is 6.61 Å². The van der Waals surface area contributed by atoms with Crippen molar-refractivity contribution in [2.24, 2.45) is 5.92 Å². The molecule has 1 aliphatic rings. The minimum atomic E-state index is -2.54. The second-order valence-electron chi connectivity index (χ2n) is 4.48. The lowest BCUT2D eigenvalue weighted by atomic mass is 9.83. The molecule has 1 fully saturated rings. The number of hydrogen-bond acceptors (Lipinski definition) is 3. The molecular formula is C12H18F2O3. The Morgan fingerprint density at radius 1 is 1.29 bits per heavy atom. The molecule has 0 aliphatic heterocycles. The van der Waals surface area contributed by atoms with Crippen LogP contribution in [0.25, 0.3) is 0 Å². The monoisotopic (exact) mass is 248 g/mol. The van der Waals surface area contributed by atoms with E-state index in [1.54, 1.807) is 6.92 Å². The topological polar surface area (TPSA) is 43.4 Å². The first-order chi connectivity index (χ1) is 7.94. The Morgan fingerprint density at radius 2 is 1.88 bits per heavy atom. The van der Waals surface area contributed by atoms with Crippen molar-refractivity contribution in [3.63, 3.8) is 0 Å². The second-order valence-corrected chi connectivity index (χ2v) is 4.48. The van der Waals surface area contributed by atoms with Gasteiger partial charge in [-0.15, -0.1) is 0 Å². The summed E-state index contributed by atoms with van der Waals surface area (Å²) in [6.45, 7) is 1.81. The van der Waals surface area contributed by atoms with Gasteiger partial charge in [-0.1, -0.05) is 0 Å². The van der Waals surface area contributed by atoms with Gasteiger partial charge in [0.2, 0.25) is 11.7 Å². The zero-order chi connectivity index (χ0) is 12.9. The molecule has 0 spiro atoms. The van der Waals surface area contributed by atoms with E-state index in [1.165, 1.54) is 0 Å². The van der Waals surface area contributed by atoms with Crippen molar-refractivity contribution in [1.29, 1.82) is 0 Å². The van der Waals surface area contributed by atoms with E-state index in [0.29, 0.717) is 19.3 Å². The fourth-order valence-corrected chi connectivity index (χ4v) is 2.04. The van der Waals surface area contributed by atoms with Gasteiger partial charge >= 0.3 is 5.97 Å². The van der Waals surface area contributed by atoms with E-state index in [0.717, 1.165) is 0 Å². The molecule has 1 rings (SSSR count). The number of carbonyl (C=O) groups is 2. The van der Waals surface area contributed by atoms with Crippen molar-refractivity contribution in [2.45, 2.75) is 51.4 Å². The molecule has 0 bridgehead atoms. The normalized spacial score (nSPS) is 19.9. The van der Waals surface area contributed by atoms with E-state index in [9.17, 15) is 18.4 Å². The molecule has 0 unspecified atom stereocenters. The van der Waals surface area contributed by atoms with E-state index in [-0.39, 0.29) is 31.8 Å². The molecule has 3 nitrogen and oxygen atoms in total.